The predicted molar refractivity (Wildman–Crippen MR) is 101 cm³/mol. The Kier molecular flexibility index (Phi) is 9.77. The predicted octanol–water partition coefficient (Wildman–Crippen LogP) is 3.45. The normalized spacial score (nSPS) is 15.0. The van der Waals surface area contributed by atoms with Crippen LogP contribution < -0.4 is 21.5 Å². The number of fused-ring (bicyclic) bond motifs is 1. The molecule has 3 N–H and O–H groups in total. The molecule has 2 rings (SSSR count). The van der Waals surface area contributed by atoms with Crippen LogP contribution in [0, 0.1) is 5.92 Å². The minimum absolute atomic E-state index is 0.628. The molecule has 1 aliphatic heterocycles. The molecule has 0 aromatic carbocycles. The van der Waals surface area contributed by atoms with Crippen molar-refractivity contribution in [2.24, 2.45) is 11.7 Å². The van der Waals surface area contributed by atoms with Crippen LogP contribution in [0.25, 0.3) is 10.9 Å². The molecule has 1 aromatic heterocycles. The lowest BCUT2D eigenvalue weighted by atomic mass is 10.0. The maximum Gasteiger partial charge on any atom is 0.111 e. The van der Waals surface area contributed by atoms with Gasteiger partial charge < -0.3 is 11.1 Å². The number of nitrogens with one attached hydrogen (secondary N) is 1. The zero-order valence-corrected chi connectivity index (χ0v) is 15.6. The summed E-state index contributed by atoms with van der Waals surface area (Å²) in [5.74, 6) is 0.955. The van der Waals surface area contributed by atoms with Gasteiger partial charge in [-0.3, -0.25) is 4.98 Å². The van der Waals surface area contributed by atoms with Gasteiger partial charge in [-0.05, 0) is 12.0 Å². The molecule has 1 aromatic rings. The van der Waals surface area contributed by atoms with Crippen molar-refractivity contribution in [3.8, 4) is 0 Å². The van der Waals surface area contributed by atoms with Gasteiger partial charge in [-0.25, -0.2) is 0 Å². The highest BCUT2D eigenvalue weighted by Crippen LogP contribution is 2.12. The van der Waals surface area contributed by atoms with Crippen molar-refractivity contribution >= 4 is 22.5 Å². The molecule has 4 heteroatoms. The Bertz CT molecular complexity index is 527. The van der Waals surface area contributed by atoms with E-state index >= 15 is 0 Å². The number of halogens is 1. The number of rotatable bonds is 6. The van der Waals surface area contributed by atoms with Gasteiger partial charge in [0.15, 0.2) is 0 Å². The van der Waals surface area contributed by atoms with Crippen molar-refractivity contribution in [3.05, 3.63) is 28.9 Å². The second-order valence-corrected chi connectivity index (χ2v) is 6.68. The van der Waals surface area contributed by atoms with Gasteiger partial charge in [0.1, 0.15) is 5.16 Å². The van der Waals surface area contributed by atoms with E-state index in [0.717, 1.165) is 35.0 Å². The number of pyridine rings is 1. The molecule has 1 atom stereocenters. The van der Waals surface area contributed by atoms with Crippen LogP contribution in [0.3, 0.4) is 0 Å². The Morgan fingerprint density at radius 3 is 2.74 bits per heavy atom. The summed E-state index contributed by atoms with van der Waals surface area (Å²) in [5, 5.41) is 5.58. The van der Waals surface area contributed by atoms with E-state index in [1.165, 1.54) is 38.5 Å². The molecule has 0 saturated carbocycles. The second kappa shape index (κ2) is 11.3. The summed E-state index contributed by atoms with van der Waals surface area (Å²) in [4.78, 5) is 4.01. The first kappa shape index (κ1) is 19.8. The Morgan fingerprint density at radius 2 is 2.04 bits per heavy atom. The standard InChI is InChI=1S/C10H22.C9H10ClN3/c1-4-6-7-8-9-10(3)5-2;10-9-7-5-12-3-1-6(7)8(11)2-4-13-9/h10H,4-9H2,1-3H3;1,3,5,13H,2,4,11H2. The minimum Gasteiger partial charge on any atom is -0.401 e. The van der Waals surface area contributed by atoms with Gasteiger partial charge >= 0.3 is 0 Å². The molecule has 1 aliphatic rings. The van der Waals surface area contributed by atoms with Crippen molar-refractivity contribution in [2.45, 2.75) is 65.7 Å². The first-order valence-corrected chi connectivity index (χ1v) is 9.30. The number of unbranched alkanes of at least 4 members (excludes halogenated alkanes) is 3. The highest BCUT2D eigenvalue weighted by atomic mass is 35.5. The molecular formula is C19H32ClN3. The topological polar surface area (TPSA) is 50.9 Å². The third-order valence-corrected chi connectivity index (χ3v) is 4.66. The van der Waals surface area contributed by atoms with E-state index in [-0.39, 0.29) is 0 Å². The molecule has 0 bridgehead atoms. The van der Waals surface area contributed by atoms with Crippen molar-refractivity contribution in [2.75, 3.05) is 6.54 Å². The molecule has 0 aliphatic carbocycles. The van der Waals surface area contributed by atoms with Crippen LogP contribution in [0.1, 0.15) is 65.7 Å². The highest BCUT2D eigenvalue weighted by Gasteiger charge is 2.03. The van der Waals surface area contributed by atoms with Gasteiger partial charge in [0.2, 0.25) is 0 Å². The van der Waals surface area contributed by atoms with Crippen LogP contribution in [0.5, 0.6) is 0 Å². The molecular weight excluding hydrogens is 306 g/mol. The smallest absolute Gasteiger partial charge is 0.111 e. The lowest BCUT2D eigenvalue weighted by Gasteiger charge is -2.06. The quantitative estimate of drug-likeness (QED) is 0.617. The van der Waals surface area contributed by atoms with Crippen molar-refractivity contribution in [3.63, 3.8) is 0 Å². The molecule has 0 saturated heterocycles. The van der Waals surface area contributed by atoms with Gasteiger partial charge in [-0.15, -0.1) is 0 Å². The highest BCUT2D eigenvalue weighted by molar-refractivity contribution is 6.44. The Hall–Kier alpha value is -1.22. The fraction of sp³-hybridized carbons (Fsp3) is 0.632. The Labute approximate surface area is 146 Å². The van der Waals surface area contributed by atoms with E-state index < -0.39 is 0 Å². The number of nitrogens with zero attached hydrogens (tertiary/aromatic N) is 1. The van der Waals surface area contributed by atoms with Crippen LogP contribution in [0.2, 0.25) is 0 Å². The number of nitrogens with two attached hydrogens (primary N) is 1. The molecule has 1 unspecified atom stereocenters. The fourth-order valence-electron chi connectivity index (χ4n) is 2.51. The summed E-state index contributed by atoms with van der Waals surface area (Å²) >= 11 is 6.01. The van der Waals surface area contributed by atoms with E-state index in [1.54, 1.807) is 12.4 Å². The molecule has 2 heterocycles. The van der Waals surface area contributed by atoms with E-state index in [4.69, 9.17) is 17.3 Å². The maximum atomic E-state index is 6.01. The minimum atomic E-state index is 0.628. The van der Waals surface area contributed by atoms with Gasteiger partial charge in [0, 0.05) is 41.5 Å². The van der Waals surface area contributed by atoms with Gasteiger partial charge in [0.25, 0.3) is 0 Å². The van der Waals surface area contributed by atoms with Crippen LogP contribution in [0.4, 0.5) is 0 Å². The number of hydrogen-bond acceptors (Lipinski definition) is 3. The van der Waals surface area contributed by atoms with Crippen molar-refractivity contribution in [1.82, 2.24) is 10.3 Å². The summed E-state index contributed by atoms with van der Waals surface area (Å²) < 4.78 is 0. The first-order chi connectivity index (χ1) is 11.1. The van der Waals surface area contributed by atoms with Gasteiger partial charge in [0.05, 0.1) is 0 Å². The third-order valence-electron chi connectivity index (χ3n) is 4.33. The molecule has 0 spiro atoms. The lowest BCUT2D eigenvalue weighted by molar-refractivity contribution is 0.477. The largest absolute Gasteiger partial charge is 0.401 e. The molecule has 0 fully saturated rings. The van der Waals surface area contributed by atoms with Gasteiger partial charge in [-0.2, -0.15) is 0 Å². The summed E-state index contributed by atoms with van der Waals surface area (Å²) in [6.45, 7) is 7.68. The average molecular weight is 338 g/mol. The monoisotopic (exact) mass is 337 g/mol. The van der Waals surface area contributed by atoms with Gasteiger partial charge in [-0.1, -0.05) is 70.9 Å². The molecule has 3 nitrogen and oxygen atoms in total. The summed E-state index contributed by atoms with van der Waals surface area (Å²) in [5.41, 5.74) is 6.75. The van der Waals surface area contributed by atoms with E-state index in [0.29, 0.717) is 5.16 Å². The van der Waals surface area contributed by atoms with Crippen molar-refractivity contribution in [1.29, 1.82) is 0 Å². The van der Waals surface area contributed by atoms with Crippen LogP contribution in [-0.4, -0.2) is 11.5 Å². The second-order valence-electron chi connectivity index (χ2n) is 6.30. The van der Waals surface area contributed by atoms with Crippen LogP contribution in [0.15, 0.2) is 18.5 Å². The fourth-order valence-corrected chi connectivity index (χ4v) is 2.75. The van der Waals surface area contributed by atoms with Crippen LogP contribution in [-0.2, 0) is 0 Å². The molecule has 0 amide bonds. The van der Waals surface area contributed by atoms with E-state index in [9.17, 15) is 0 Å². The summed E-state index contributed by atoms with van der Waals surface area (Å²) in [7, 11) is 0. The Morgan fingerprint density at radius 1 is 1.26 bits per heavy atom. The SMILES string of the molecule is CCCCCCC(C)CC.NC1=c2ccncc2=C(Cl)NCC1. The summed E-state index contributed by atoms with van der Waals surface area (Å²) in [6.07, 6.45) is 12.7. The molecule has 130 valence electrons. The maximum absolute atomic E-state index is 6.01. The first-order valence-electron chi connectivity index (χ1n) is 8.92. The third kappa shape index (κ3) is 7.26. The zero-order chi connectivity index (χ0) is 17.1. The zero-order valence-electron chi connectivity index (χ0n) is 14.9. The number of aromatic nitrogens is 1. The Balaban J connectivity index is 0.000000241. The molecule has 23 heavy (non-hydrogen) atoms. The van der Waals surface area contributed by atoms with E-state index in [2.05, 4.69) is 31.1 Å². The van der Waals surface area contributed by atoms with Crippen LogP contribution >= 0.6 is 11.6 Å². The van der Waals surface area contributed by atoms with E-state index in [1.807, 2.05) is 6.07 Å². The average Bonchev–Trinajstić information content (AvgIpc) is 2.72. The number of hydrogen-bond donors (Lipinski definition) is 2. The van der Waals surface area contributed by atoms with Crippen molar-refractivity contribution < 1.29 is 0 Å². The molecule has 0 radical (unpaired) electrons. The summed E-state index contributed by atoms with van der Waals surface area (Å²) in [6, 6.07) is 1.89. The lowest BCUT2D eigenvalue weighted by Crippen LogP contribution is -2.31.